The number of phenols is 1. The second-order valence-electron chi connectivity index (χ2n) is 5.91. The van der Waals surface area contributed by atoms with Gasteiger partial charge in [0.25, 0.3) is 5.91 Å². The number of carbonyl (C=O) groups excluding carboxylic acids is 1. The van der Waals surface area contributed by atoms with E-state index in [1.807, 2.05) is 43.3 Å². The molecule has 1 atom stereocenters. The fraction of sp³-hybridized carbons (Fsp3) is 0.238. The van der Waals surface area contributed by atoms with Gasteiger partial charge in [-0.3, -0.25) is 4.79 Å². The van der Waals surface area contributed by atoms with E-state index in [-0.39, 0.29) is 11.7 Å². The van der Waals surface area contributed by atoms with Crippen LogP contribution in [0.3, 0.4) is 0 Å². The number of carbonyl (C=O) groups is 1. The molecule has 0 aliphatic carbocycles. The van der Waals surface area contributed by atoms with E-state index in [2.05, 4.69) is 22.4 Å². The highest BCUT2D eigenvalue weighted by atomic mass is 16.5. The molecule has 0 aliphatic rings. The molecule has 0 saturated carbocycles. The molecule has 0 saturated heterocycles. The van der Waals surface area contributed by atoms with Gasteiger partial charge in [0.2, 0.25) is 0 Å². The molecule has 27 heavy (non-hydrogen) atoms. The topological polar surface area (TPSA) is 83.0 Å². The van der Waals surface area contributed by atoms with E-state index in [4.69, 9.17) is 4.74 Å². The summed E-state index contributed by atoms with van der Waals surface area (Å²) >= 11 is 0. The molecule has 142 valence electrons. The van der Waals surface area contributed by atoms with Gasteiger partial charge in [0.15, 0.2) is 0 Å². The standard InChI is InChI=1S/C21H25N3O3/c1-4-7-16-8-6-9-17(20(16)25)14-22-24-21(26)15(3)23-18-10-12-19(13-11-18)27-5-2/h4,6,8-15,23,25H,1,5,7H2,2-3H3,(H,24,26)/b22-14-/t15-/m0/s1. The van der Waals surface area contributed by atoms with E-state index in [1.54, 1.807) is 19.1 Å². The average molecular weight is 367 g/mol. The zero-order chi connectivity index (χ0) is 19.6. The van der Waals surface area contributed by atoms with E-state index in [1.165, 1.54) is 6.21 Å². The molecule has 0 aliphatic heterocycles. The summed E-state index contributed by atoms with van der Waals surface area (Å²) in [5, 5.41) is 17.2. The van der Waals surface area contributed by atoms with Crippen LogP contribution in [-0.2, 0) is 11.2 Å². The number of hydrogen-bond acceptors (Lipinski definition) is 5. The van der Waals surface area contributed by atoms with Gasteiger partial charge in [0.05, 0.1) is 12.8 Å². The van der Waals surface area contributed by atoms with Crippen molar-refractivity contribution >= 4 is 17.8 Å². The Morgan fingerprint density at radius 1 is 1.30 bits per heavy atom. The first-order valence-corrected chi connectivity index (χ1v) is 8.79. The van der Waals surface area contributed by atoms with E-state index >= 15 is 0 Å². The Hall–Kier alpha value is -3.28. The van der Waals surface area contributed by atoms with Crippen molar-refractivity contribution in [3.05, 3.63) is 66.2 Å². The number of allylic oxidation sites excluding steroid dienone is 1. The Bertz CT molecular complexity index is 801. The number of rotatable bonds is 9. The number of ether oxygens (including phenoxy) is 1. The molecule has 2 rings (SSSR count). The van der Waals surface area contributed by atoms with Crippen LogP contribution in [0.4, 0.5) is 5.69 Å². The van der Waals surface area contributed by atoms with Crippen molar-refractivity contribution in [3.8, 4) is 11.5 Å². The molecule has 0 unspecified atom stereocenters. The molecule has 0 radical (unpaired) electrons. The summed E-state index contributed by atoms with van der Waals surface area (Å²) in [7, 11) is 0. The number of anilines is 1. The van der Waals surface area contributed by atoms with Crippen LogP contribution in [0.5, 0.6) is 11.5 Å². The Morgan fingerprint density at radius 3 is 2.70 bits per heavy atom. The Balaban J connectivity index is 1.91. The monoisotopic (exact) mass is 367 g/mol. The molecular formula is C21H25N3O3. The van der Waals surface area contributed by atoms with Gasteiger partial charge in [0.1, 0.15) is 17.5 Å². The summed E-state index contributed by atoms with van der Waals surface area (Å²) in [6.45, 7) is 7.94. The van der Waals surface area contributed by atoms with Gasteiger partial charge in [-0.25, -0.2) is 5.43 Å². The molecule has 6 heteroatoms. The lowest BCUT2D eigenvalue weighted by Gasteiger charge is -2.14. The Kier molecular flexibility index (Phi) is 7.43. The van der Waals surface area contributed by atoms with Gasteiger partial charge >= 0.3 is 0 Å². The second kappa shape index (κ2) is 10.0. The third-order valence-corrected chi connectivity index (χ3v) is 3.84. The lowest BCUT2D eigenvalue weighted by Crippen LogP contribution is -2.34. The number of hydrazone groups is 1. The first kappa shape index (κ1) is 20.0. The maximum Gasteiger partial charge on any atom is 0.262 e. The van der Waals surface area contributed by atoms with Crippen molar-refractivity contribution in [2.24, 2.45) is 5.10 Å². The van der Waals surface area contributed by atoms with Crippen LogP contribution in [0.2, 0.25) is 0 Å². The summed E-state index contributed by atoms with van der Waals surface area (Å²) in [4.78, 5) is 12.2. The van der Waals surface area contributed by atoms with Gasteiger partial charge in [-0.2, -0.15) is 5.10 Å². The maximum absolute atomic E-state index is 12.2. The number of hydrogen-bond donors (Lipinski definition) is 3. The average Bonchev–Trinajstić information content (AvgIpc) is 2.66. The van der Waals surface area contributed by atoms with Gasteiger partial charge in [-0.1, -0.05) is 18.2 Å². The van der Waals surface area contributed by atoms with E-state index < -0.39 is 6.04 Å². The minimum Gasteiger partial charge on any atom is -0.507 e. The van der Waals surface area contributed by atoms with Crippen LogP contribution < -0.4 is 15.5 Å². The number of aromatic hydroxyl groups is 1. The minimum atomic E-state index is -0.485. The van der Waals surface area contributed by atoms with E-state index in [9.17, 15) is 9.90 Å². The smallest absolute Gasteiger partial charge is 0.262 e. The molecule has 2 aromatic carbocycles. The molecule has 0 heterocycles. The van der Waals surface area contributed by atoms with Crippen LogP contribution in [0, 0.1) is 0 Å². The van der Waals surface area contributed by atoms with Crippen LogP contribution in [0.25, 0.3) is 0 Å². The molecule has 6 nitrogen and oxygen atoms in total. The largest absolute Gasteiger partial charge is 0.507 e. The third kappa shape index (κ3) is 5.88. The first-order valence-electron chi connectivity index (χ1n) is 8.79. The van der Waals surface area contributed by atoms with Crippen molar-refractivity contribution in [2.75, 3.05) is 11.9 Å². The van der Waals surface area contributed by atoms with Crippen molar-refractivity contribution < 1.29 is 14.6 Å². The van der Waals surface area contributed by atoms with Crippen molar-refractivity contribution in [1.29, 1.82) is 0 Å². The molecule has 2 aromatic rings. The summed E-state index contributed by atoms with van der Waals surface area (Å²) in [6, 6.07) is 12.2. The molecule has 1 amide bonds. The normalized spacial score (nSPS) is 11.8. The van der Waals surface area contributed by atoms with Crippen molar-refractivity contribution in [3.63, 3.8) is 0 Å². The number of phenolic OH excluding ortho intramolecular Hbond substituents is 1. The molecule has 0 spiro atoms. The lowest BCUT2D eigenvalue weighted by atomic mass is 10.1. The fourth-order valence-corrected chi connectivity index (χ4v) is 2.43. The first-order chi connectivity index (χ1) is 13.0. The lowest BCUT2D eigenvalue weighted by molar-refractivity contribution is -0.121. The second-order valence-corrected chi connectivity index (χ2v) is 5.91. The highest BCUT2D eigenvalue weighted by molar-refractivity contribution is 5.88. The Morgan fingerprint density at radius 2 is 2.04 bits per heavy atom. The van der Waals surface area contributed by atoms with Crippen LogP contribution in [-0.4, -0.2) is 29.9 Å². The zero-order valence-corrected chi connectivity index (χ0v) is 15.6. The maximum atomic E-state index is 12.2. The fourth-order valence-electron chi connectivity index (χ4n) is 2.43. The third-order valence-electron chi connectivity index (χ3n) is 3.84. The summed E-state index contributed by atoms with van der Waals surface area (Å²) in [5.74, 6) is 0.626. The number of para-hydroxylation sites is 1. The molecular weight excluding hydrogens is 342 g/mol. The molecule has 3 N–H and O–H groups in total. The van der Waals surface area contributed by atoms with Gasteiger partial charge in [0, 0.05) is 11.3 Å². The SMILES string of the molecule is C=CCc1cccc(/C=N\NC(=O)[C@H](C)Nc2ccc(OCC)cc2)c1O. The predicted molar refractivity (Wildman–Crippen MR) is 108 cm³/mol. The van der Waals surface area contributed by atoms with Crippen LogP contribution in [0.1, 0.15) is 25.0 Å². The van der Waals surface area contributed by atoms with Gasteiger partial charge in [-0.05, 0) is 56.2 Å². The molecule has 0 fully saturated rings. The molecule has 0 aromatic heterocycles. The Labute approximate surface area is 159 Å². The zero-order valence-electron chi connectivity index (χ0n) is 15.6. The van der Waals surface area contributed by atoms with Gasteiger partial charge in [-0.15, -0.1) is 6.58 Å². The highest BCUT2D eigenvalue weighted by Crippen LogP contribution is 2.21. The number of benzene rings is 2. The molecule has 0 bridgehead atoms. The number of nitrogens with zero attached hydrogens (tertiary/aromatic N) is 1. The van der Waals surface area contributed by atoms with E-state index in [0.717, 1.165) is 17.0 Å². The van der Waals surface area contributed by atoms with Crippen molar-refractivity contribution in [1.82, 2.24) is 5.43 Å². The van der Waals surface area contributed by atoms with Crippen molar-refractivity contribution in [2.45, 2.75) is 26.3 Å². The predicted octanol–water partition coefficient (Wildman–Crippen LogP) is 3.47. The number of amides is 1. The van der Waals surface area contributed by atoms with E-state index in [0.29, 0.717) is 18.6 Å². The van der Waals surface area contributed by atoms with Gasteiger partial charge < -0.3 is 15.2 Å². The summed E-state index contributed by atoms with van der Waals surface area (Å²) in [6.07, 6.45) is 3.69. The number of nitrogens with one attached hydrogen (secondary N) is 2. The quantitative estimate of drug-likeness (QED) is 0.360. The van der Waals surface area contributed by atoms with Crippen LogP contribution >= 0.6 is 0 Å². The van der Waals surface area contributed by atoms with Crippen LogP contribution in [0.15, 0.2) is 60.2 Å². The summed E-state index contributed by atoms with van der Waals surface area (Å²) < 4.78 is 5.39. The highest BCUT2D eigenvalue weighted by Gasteiger charge is 2.12. The summed E-state index contributed by atoms with van der Waals surface area (Å²) in [5.41, 5.74) is 4.56. The minimum absolute atomic E-state index is 0.135.